The van der Waals surface area contributed by atoms with Gasteiger partial charge in [0.25, 0.3) is 17.7 Å². The van der Waals surface area contributed by atoms with E-state index in [0.29, 0.717) is 48.9 Å². The van der Waals surface area contributed by atoms with E-state index in [2.05, 4.69) is 56.4 Å². The third-order valence-corrected chi connectivity index (χ3v) is 11.6. The van der Waals surface area contributed by atoms with Gasteiger partial charge in [-0.1, -0.05) is 84.4 Å². The zero-order valence-corrected chi connectivity index (χ0v) is 35.9. The smallest absolute Gasteiger partial charge is 0.271 e. The van der Waals surface area contributed by atoms with Crippen LogP contribution in [0.25, 0.3) is 0 Å². The molecule has 3 rings (SSSR count). The van der Waals surface area contributed by atoms with Gasteiger partial charge in [0.2, 0.25) is 5.91 Å². The number of hydrogen-bond donors (Lipinski definition) is 3. The zero-order chi connectivity index (χ0) is 41.5. The molecule has 3 N–H and O–H groups in total. The second-order valence-corrected chi connectivity index (χ2v) is 16.9. The van der Waals surface area contributed by atoms with E-state index in [0.717, 1.165) is 13.0 Å². The number of carbonyl (C=O) groups excluding carboxylic acids is 4. The number of hydrogen-bond acceptors (Lipinski definition) is 10. The number of imide groups is 1. The standard InChI is InChI=1S/C43H66N6O6S/c1-11-30(6)33(21-22-44-42(54)39(29(4)5)47(8)9)26-48(10)35(28(2)3)25-36(55-24-16-15-23-49-37(50)19-20-38(49)51)43-46-34(27-56-43)41(53)45-31(7)40(52)32-17-13-12-14-18-32/h12-14,17-22,27-31,33,35-36,39-40,52H,11,15-16,23-26H2,1-10H3,(H,44,54)(H,45,53)/b22-21+/t30-,31+,33?,35+,36+,39+,40?/m0/s1. The average Bonchev–Trinajstić information content (AvgIpc) is 3.77. The summed E-state index contributed by atoms with van der Waals surface area (Å²) in [6, 6.07) is 8.53. The number of thiazole rings is 1. The third kappa shape index (κ3) is 13.7. The van der Waals surface area contributed by atoms with E-state index in [1.165, 1.54) is 28.4 Å². The van der Waals surface area contributed by atoms with Gasteiger partial charge >= 0.3 is 0 Å². The van der Waals surface area contributed by atoms with Crippen LogP contribution in [0.3, 0.4) is 0 Å². The predicted molar refractivity (Wildman–Crippen MR) is 223 cm³/mol. The summed E-state index contributed by atoms with van der Waals surface area (Å²) in [5.74, 6) is -0.0149. The van der Waals surface area contributed by atoms with E-state index in [9.17, 15) is 24.3 Å². The molecule has 0 aliphatic carbocycles. The molecule has 0 saturated carbocycles. The molecule has 13 heteroatoms. The highest BCUT2D eigenvalue weighted by atomic mass is 32.1. The molecule has 0 saturated heterocycles. The number of ether oxygens (including phenoxy) is 1. The van der Waals surface area contributed by atoms with E-state index in [1.807, 2.05) is 69.4 Å². The summed E-state index contributed by atoms with van der Waals surface area (Å²) >= 11 is 1.37. The fourth-order valence-electron chi connectivity index (χ4n) is 7.18. The number of unbranched alkanes of at least 4 members (excludes halogenated alkanes) is 1. The van der Waals surface area contributed by atoms with Crippen molar-refractivity contribution in [1.29, 1.82) is 0 Å². The van der Waals surface area contributed by atoms with Crippen LogP contribution < -0.4 is 10.6 Å². The van der Waals surface area contributed by atoms with Crippen molar-refractivity contribution in [3.8, 4) is 0 Å². The quantitative estimate of drug-likeness (QED) is 0.0864. The molecule has 2 heterocycles. The topological polar surface area (TPSA) is 144 Å². The van der Waals surface area contributed by atoms with Crippen LogP contribution in [0.1, 0.15) is 107 Å². The molecular formula is C43H66N6O6S. The maximum atomic E-state index is 13.4. The summed E-state index contributed by atoms with van der Waals surface area (Å²) in [6.45, 7) is 16.1. The molecule has 56 heavy (non-hydrogen) atoms. The lowest BCUT2D eigenvalue weighted by Gasteiger charge is -2.36. The largest absolute Gasteiger partial charge is 0.386 e. The third-order valence-electron chi connectivity index (χ3n) is 10.7. The van der Waals surface area contributed by atoms with E-state index in [-0.39, 0.29) is 59.2 Å². The summed E-state index contributed by atoms with van der Waals surface area (Å²) in [7, 11) is 5.97. The number of likely N-dealkylation sites (N-methyl/N-ethyl adjacent to an activating group) is 1. The first-order valence-electron chi connectivity index (χ1n) is 20.0. The summed E-state index contributed by atoms with van der Waals surface area (Å²) in [6.07, 6.45) is 8.04. The predicted octanol–water partition coefficient (Wildman–Crippen LogP) is 5.98. The molecule has 0 fully saturated rings. The lowest BCUT2D eigenvalue weighted by Crippen LogP contribution is -2.45. The van der Waals surface area contributed by atoms with Crippen LogP contribution in [0.5, 0.6) is 0 Å². The van der Waals surface area contributed by atoms with Crippen LogP contribution in [-0.4, -0.2) is 107 Å². The molecule has 1 aromatic carbocycles. The maximum absolute atomic E-state index is 13.4. The molecule has 1 aromatic heterocycles. The highest BCUT2D eigenvalue weighted by molar-refractivity contribution is 7.09. The Labute approximate surface area is 338 Å². The van der Waals surface area contributed by atoms with E-state index < -0.39 is 18.2 Å². The van der Waals surface area contributed by atoms with Crippen molar-refractivity contribution < 1.29 is 29.0 Å². The maximum Gasteiger partial charge on any atom is 0.271 e. The Balaban J connectivity index is 1.77. The van der Waals surface area contributed by atoms with Gasteiger partial charge in [-0.25, -0.2) is 4.98 Å². The Morgan fingerprint density at radius 2 is 1.64 bits per heavy atom. The van der Waals surface area contributed by atoms with Gasteiger partial charge in [0.05, 0.1) is 18.2 Å². The van der Waals surface area contributed by atoms with Gasteiger partial charge in [-0.15, -0.1) is 11.3 Å². The Morgan fingerprint density at radius 1 is 0.982 bits per heavy atom. The number of nitrogens with one attached hydrogen (secondary N) is 2. The van der Waals surface area contributed by atoms with Gasteiger partial charge in [-0.2, -0.15) is 0 Å². The minimum absolute atomic E-state index is 0.0221. The number of amides is 4. The van der Waals surface area contributed by atoms with E-state index in [4.69, 9.17) is 9.72 Å². The van der Waals surface area contributed by atoms with Crippen LogP contribution in [0.4, 0.5) is 0 Å². The monoisotopic (exact) mass is 794 g/mol. The van der Waals surface area contributed by atoms with Crippen molar-refractivity contribution in [2.75, 3.05) is 40.8 Å². The van der Waals surface area contributed by atoms with Crippen LogP contribution in [0.2, 0.25) is 0 Å². The van der Waals surface area contributed by atoms with Crippen molar-refractivity contribution in [1.82, 2.24) is 30.3 Å². The first-order chi connectivity index (χ1) is 26.5. The van der Waals surface area contributed by atoms with Gasteiger partial charge in [0.15, 0.2) is 0 Å². The van der Waals surface area contributed by atoms with Gasteiger partial charge < -0.3 is 25.4 Å². The molecule has 0 spiro atoms. The zero-order valence-electron chi connectivity index (χ0n) is 35.1. The Bertz CT molecular complexity index is 1580. The highest BCUT2D eigenvalue weighted by Crippen LogP contribution is 2.32. The van der Waals surface area contributed by atoms with Gasteiger partial charge in [-0.3, -0.25) is 29.0 Å². The summed E-state index contributed by atoms with van der Waals surface area (Å²) in [4.78, 5) is 60.8. The summed E-state index contributed by atoms with van der Waals surface area (Å²) in [5, 5.41) is 19.2. The molecule has 1 aliphatic rings. The Kier molecular flexibility index (Phi) is 19.0. The molecule has 1 aliphatic heterocycles. The average molecular weight is 795 g/mol. The minimum atomic E-state index is -0.876. The SMILES string of the molecule is CC[C@H](C)C(/C=C/NC(=O)[C@@H](C(C)C)N(C)C)CN(C)[C@H](C[C@@H](OCCCCN1C(=O)C=CC1=O)c1nc(C(=O)N[C@H](C)C(O)c2ccccc2)cs1)C(C)C. The second kappa shape index (κ2) is 22.9. The van der Waals surface area contributed by atoms with E-state index >= 15 is 0 Å². The van der Waals surface area contributed by atoms with Crippen LogP contribution in [0, 0.1) is 23.7 Å². The highest BCUT2D eigenvalue weighted by Gasteiger charge is 2.30. The van der Waals surface area contributed by atoms with Crippen molar-refractivity contribution >= 4 is 35.0 Å². The van der Waals surface area contributed by atoms with E-state index in [1.54, 1.807) is 12.3 Å². The minimum Gasteiger partial charge on any atom is -0.386 e. The van der Waals surface area contributed by atoms with Crippen molar-refractivity contribution in [2.45, 2.75) is 104 Å². The summed E-state index contributed by atoms with van der Waals surface area (Å²) < 4.78 is 6.55. The van der Waals surface area contributed by atoms with Crippen molar-refractivity contribution in [2.24, 2.45) is 23.7 Å². The van der Waals surface area contributed by atoms with Crippen molar-refractivity contribution in [3.63, 3.8) is 0 Å². The fourth-order valence-corrected chi connectivity index (χ4v) is 8.04. The molecular weight excluding hydrogens is 729 g/mol. The number of aliphatic hydroxyl groups excluding tert-OH is 1. The molecule has 0 bridgehead atoms. The first-order valence-corrected chi connectivity index (χ1v) is 20.9. The second-order valence-electron chi connectivity index (χ2n) is 16.0. The van der Waals surface area contributed by atoms with Gasteiger partial charge in [0, 0.05) is 49.5 Å². The van der Waals surface area contributed by atoms with Gasteiger partial charge in [-0.05, 0) is 76.6 Å². The molecule has 2 unspecified atom stereocenters. The molecule has 7 atom stereocenters. The normalized spacial score (nSPS) is 17.2. The Morgan fingerprint density at radius 3 is 2.23 bits per heavy atom. The first kappa shape index (κ1) is 46.6. The molecule has 2 aromatic rings. The number of rotatable bonds is 24. The lowest BCUT2D eigenvalue weighted by molar-refractivity contribution is -0.137. The number of nitrogens with zero attached hydrogens (tertiary/aromatic N) is 4. The Hall–Kier alpha value is -3.75. The number of benzene rings is 1. The van der Waals surface area contributed by atoms with Crippen LogP contribution in [-0.2, 0) is 19.1 Å². The summed E-state index contributed by atoms with van der Waals surface area (Å²) in [5.41, 5.74) is 0.975. The molecule has 4 amide bonds. The molecule has 12 nitrogen and oxygen atoms in total. The number of aromatic nitrogens is 1. The molecule has 0 radical (unpaired) electrons. The number of carbonyl (C=O) groups is 4. The number of aliphatic hydroxyl groups is 1. The molecule has 310 valence electrons. The van der Waals surface area contributed by atoms with Crippen LogP contribution in [0.15, 0.2) is 60.1 Å². The lowest BCUT2D eigenvalue weighted by atomic mass is 9.89. The fraction of sp³-hybridized carbons (Fsp3) is 0.605. The van der Waals surface area contributed by atoms with Gasteiger partial charge in [0.1, 0.15) is 16.8 Å². The van der Waals surface area contributed by atoms with Crippen LogP contribution >= 0.6 is 11.3 Å². The van der Waals surface area contributed by atoms with Crippen molar-refractivity contribution in [3.05, 3.63) is 76.4 Å².